The summed E-state index contributed by atoms with van der Waals surface area (Å²) in [5.41, 5.74) is 2.55. The minimum Gasteiger partial charge on any atom is -0.497 e. The number of methoxy groups -OCH3 is 1. The van der Waals surface area contributed by atoms with E-state index in [0.29, 0.717) is 17.2 Å². The number of amides is 1. The number of aromatic nitrogens is 1. The van der Waals surface area contributed by atoms with Gasteiger partial charge in [0.1, 0.15) is 5.75 Å². The number of carbonyl (C=O) groups is 1. The lowest BCUT2D eigenvalue weighted by Crippen LogP contribution is -2.37. The van der Waals surface area contributed by atoms with Gasteiger partial charge < -0.3 is 9.64 Å². The molecule has 0 unspecified atom stereocenters. The largest absolute Gasteiger partial charge is 0.497 e. The Morgan fingerprint density at radius 2 is 1.92 bits per heavy atom. The van der Waals surface area contributed by atoms with Crippen LogP contribution in [-0.4, -0.2) is 50.1 Å². The molecule has 0 saturated heterocycles. The van der Waals surface area contributed by atoms with E-state index in [2.05, 4.69) is 4.90 Å². The third kappa shape index (κ3) is 3.86. The van der Waals surface area contributed by atoms with E-state index < -0.39 is 0 Å². The number of ether oxygens (including phenoxy) is 1. The first kappa shape index (κ1) is 18.4. The number of aryl methyl sites for hydroxylation is 1. The minimum absolute atomic E-state index is 0.0176. The van der Waals surface area contributed by atoms with Crippen LogP contribution in [0.25, 0.3) is 10.2 Å². The standard InChI is InChI=1S/C20H23N3O2S/c1-14-7-5-6-8-16(14)19(24)23(12-11-22(2)3)20-21-17-10-9-15(25-4)13-18(17)26-20/h5-10,13H,11-12H2,1-4H3. The lowest BCUT2D eigenvalue weighted by molar-refractivity contribution is 0.0984. The van der Waals surface area contributed by atoms with Gasteiger partial charge in [-0.1, -0.05) is 29.5 Å². The monoisotopic (exact) mass is 369 g/mol. The summed E-state index contributed by atoms with van der Waals surface area (Å²) in [6, 6.07) is 13.4. The number of fused-ring (bicyclic) bond motifs is 1. The number of anilines is 1. The zero-order valence-electron chi connectivity index (χ0n) is 15.5. The topological polar surface area (TPSA) is 45.7 Å². The molecular formula is C20H23N3O2S. The predicted octanol–water partition coefficient (Wildman–Crippen LogP) is 3.82. The summed E-state index contributed by atoms with van der Waals surface area (Å²) in [5.74, 6) is 0.772. The molecule has 1 heterocycles. The number of likely N-dealkylation sites (N-methyl/N-ethyl adjacent to an activating group) is 1. The molecule has 0 N–H and O–H groups in total. The highest BCUT2D eigenvalue weighted by Crippen LogP contribution is 2.32. The summed E-state index contributed by atoms with van der Waals surface area (Å²) < 4.78 is 6.30. The van der Waals surface area contributed by atoms with Crippen LogP contribution < -0.4 is 9.64 Å². The van der Waals surface area contributed by atoms with E-state index in [1.807, 2.05) is 63.5 Å². The van der Waals surface area contributed by atoms with Crippen molar-refractivity contribution in [3.63, 3.8) is 0 Å². The molecule has 1 amide bonds. The van der Waals surface area contributed by atoms with Gasteiger partial charge in [-0.15, -0.1) is 0 Å². The third-order valence-electron chi connectivity index (χ3n) is 4.21. The fourth-order valence-corrected chi connectivity index (χ4v) is 3.70. The molecule has 0 saturated carbocycles. The first-order valence-electron chi connectivity index (χ1n) is 8.46. The molecule has 0 aliphatic heterocycles. The van der Waals surface area contributed by atoms with Crippen LogP contribution in [0.2, 0.25) is 0 Å². The SMILES string of the molecule is COc1ccc2nc(N(CCN(C)C)C(=O)c3ccccc3C)sc2c1. The second kappa shape index (κ2) is 7.85. The zero-order chi connectivity index (χ0) is 18.7. The van der Waals surface area contributed by atoms with Crippen molar-refractivity contribution in [1.82, 2.24) is 9.88 Å². The Morgan fingerprint density at radius 1 is 1.15 bits per heavy atom. The van der Waals surface area contributed by atoms with E-state index >= 15 is 0 Å². The number of rotatable bonds is 6. The van der Waals surface area contributed by atoms with Crippen LogP contribution in [0, 0.1) is 6.92 Å². The van der Waals surface area contributed by atoms with Gasteiger partial charge in [0.05, 0.1) is 17.3 Å². The molecule has 0 radical (unpaired) electrons. The van der Waals surface area contributed by atoms with Gasteiger partial charge in [-0.2, -0.15) is 0 Å². The van der Waals surface area contributed by atoms with Crippen LogP contribution >= 0.6 is 11.3 Å². The molecule has 0 aliphatic rings. The third-order valence-corrected chi connectivity index (χ3v) is 5.25. The van der Waals surface area contributed by atoms with Crippen molar-refractivity contribution < 1.29 is 9.53 Å². The van der Waals surface area contributed by atoms with Crippen molar-refractivity contribution in [2.24, 2.45) is 0 Å². The number of carbonyl (C=O) groups excluding carboxylic acids is 1. The van der Waals surface area contributed by atoms with Crippen molar-refractivity contribution >= 4 is 32.6 Å². The van der Waals surface area contributed by atoms with Gasteiger partial charge in [0.15, 0.2) is 5.13 Å². The van der Waals surface area contributed by atoms with Crippen LogP contribution in [-0.2, 0) is 0 Å². The van der Waals surface area contributed by atoms with Crippen LogP contribution in [0.3, 0.4) is 0 Å². The Hall–Kier alpha value is -2.44. The Labute approximate surface area is 157 Å². The molecule has 0 aliphatic carbocycles. The molecule has 0 fully saturated rings. The van der Waals surface area contributed by atoms with Gasteiger partial charge in [-0.3, -0.25) is 9.69 Å². The Morgan fingerprint density at radius 3 is 2.62 bits per heavy atom. The van der Waals surface area contributed by atoms with Gasteiger partial charge in [-0.05, 0) is 50.8 Å². The van der Waals surface area contributed by atoms with Crippen molar-refractivity contribution in [3.05, 3.63) is 53.6 Å². The number of benzene rings is 2. The molecule has 0 bridgehead atoms. The normalized spacial score (nSPS) is 11.1. The van der Waals surface area contributed by atoms with Crippen LogP contribution in [0.5, 0.6) is 5.75 Å². The van der Waals surface area contributed by atoms with E-state index in [1.54, 1.807) is 12.0 Å². The predicted molar refractivity (Wildman–Crippen MR) is 108 cm³/mol. The Bertz CT molecular complexity index is 920. The maximum absolute atomic E-state index is 13.2. The second-order valence-corrected chi connectivity index (χ2v) is 7.41. The first-order chi connectivity index (χ1) is 12.5. The zero-order valence-corrected chi connectivity index (χ0v) is 16.3. The molecule has 3 rings (SSSR count). The summed E-state index contributed by atoms with van der Waals surface area (Å²) in [6.45, 7) is 3.30. The van der Waals surface area contributed by atoms with E-state index in [4.69, 9.17) is 9.72 Å². The average molecular weight is 369 g/mol. The number of hydrogen-bond donors (Lipinski definition) is 0. The molecular weight excluding hydrogens is 346 g/mol. The van der Waals surface area contributed by atoms with Crippen molar-refractivity contribution in [1.29, 1.82) is 0 Å². The Kier molecular flexibility index (Phi) is 5.54. The minimum atomic E-state index is -0.0176. The van der Waals surface area contributed by atoms with Gasteiger partial charge in [0.25, 0.3) is 5.91 Å². The fourth-order valence-electron chi connectivity index (χ4n) is 2.68. The van der Waals surface area contributed by atoms with Gasteiger partial charge >= 0.3 is 0 Å². The molecule has 1 aromatic heterocycles. The smallest absolute Gasteiger partial charge is 0.260 e. The summed E-state index contributed by atoms with van der Waals surface area (Å²) in [5, 5.41) is 0.711. The summed E-state index contributed by atoms with van der Waals surface area (Å²) in [6.07, 6.45) is 0. The molecule has 5 nitrogen and oxygen atoms in total. The molecule has 136 valence electrons. The quantitative estimate of drug-likeness (QED) is 0.663. The van der Waals surface area contributed by atoms with Crippen LogP contribution in [0.4, 0.5) is 5.13 Å². The molecule has 6 heteroatoms. The fraction of sp³-hybridized carbons (Fsp3) is 0.300. The van der Waals surface area contributed by atoms with Crippen molar-refractivity contribution in [2.75, 3.05) is 39.2 Å². The number of nitrogens with zero attached hydrogens (tertiary/aromatic N) is 3. The van der Waals surface area contributed by atoms with Crippen LogP contribution in [0.1, 0.15) is 15.9 Å². The van der Waals surface area contributed by atoms with Crippen molar-refractivity contribution in [3.8, 4) is 5.75 Å². The van der Waals surface area contributed by atoms with E-state index in [-0.39, 0.29) is 5.91 Å². The Balaban J connectivity index is 2.00. The second-order valence-electron chi connectivity index (χ2n) is 6.41. The summed E-state index contributed by atoms with van der Waals surface area (Å²) in [4.78, 5) is 21.8. The molecule has 3 aromatic rings. The highest BCUT2D eigenvalue weighted by atomic mass is 32.1. The molecule has 2 aromatic carbocycles. The highest BCUT2D eigenvalue weighted by molar-refractivity contribution is 7.22. The lowest BCUT2D eigenvalue weighted by atomic mass is 10.1. The summed E-state index contributed by atoms with van der Waals surface area (Å²) >= 11 is 1.51. The highest BCUT2D eigenvalue weighted by Gasteiger charge is 2.22. The lowest BCUT2D eigenvalue weighted by Gasteiger charge is -2.22. The molecule has 26 heavy (non-hydrogen) atoms. The van der Waals surface area contributed by atoms with Crippen molar-refractivity contribution in [2.45, 2.75) is 6.92 Å². The number of thiazole rings is 1. The maximum Gasteiger partial charge on any atom is 0.260 e. The van der Waals surface area contributed by atoms with E-state index in [9.17, 15) is 4.79 Å². The number of hydrogen-bond acceptors (Lipinski definition) is 5. The maximum atomic E-state index is 13.2. The average Bonchev–Trinajstić information content (AvgIpc) is 3.04. The van der Waals surface area contributed by atoms with E-state index in [0.717, 1.165) is 28.1 Å². The molecule has 0 spiro atoms. The molecule has 0 atom stereocenters. The summed E-state index contributed by atoms with van der Waals surface area (Å²) in [7, 11) is 5.65. The van der Waals surface area contributed by atoms with E-state index in [1.165, 1.54) is 11.3 Å². The van der Waals surface area contributed by atoms with Gasteiger partial charge in [0, 0.05) is 18.7 Å². The van der Waals surface area contributed by atoms with Crippen LogP contribution in [0.15, 0.2) is 42.5 Å². The first-order valence-corrected chi connectivity index (χ1v) is 9.28. The van der Waals surface area contributed by atoms with Gasteiger partial charge in [0.2, 0.25) is 0 Å². The van der Waals surface area contributed by atoms with Gasteiger partial charge in [-0.25, -0.2) is 4.98 Å².